The van der Waals surface area contributed by atoms with Gasteiger partial charge < -0.3 is 5.32 Å². The smallest absolute Gasteiger partial charge is 0.000780 e. The number of rotatable bonds is 13. The minimum absolute atomic E-state index is 0.662. The number of unbranched alkanes of at least 4 members (excludes halogenated alkanes) is 7. The van der Waals surface area contributed by atoms with Gasteiger partial charge in [-0.25, -0.2) is 0 Å². The van der Waals surface area contributed by atoms with E-state index in [4.69, 9.17) is 0 Å². The van der Waals surface area contributed by atoms with E-state index < -0.39 is 0 Å². The van der Waals surface area contributed by atoms with Crippen LogP contribution >= 0.6 is 0 Å². The summed E-state index contributed by atoms with van der Waals surface area (Å²) in [7, 11) is 0. The first-order valence-electron chi connectivity index (χ1n) is 10.0. The van der Waals surface area contributed by atoms with Crippen molar-refractivity contribution in [1.29, 1.82) is 0 Å². The van der Waals surface area contributed by atoms with Crippen molar-refractivity contribution in [2.24, 2.45) is 5.41 Å². The average Bonchev–Trinajstić information content (AvgIpc) is 2.51. The molecule has 0 aromatic rings. The third-order valence-electron chi connectivity index (χ3n) is 5.40. The van der Waals surface area contributed by atoms with Crippen molar-refractivity contribution in [2.75, 3.05) is 13.1 Å². The van der Waals surface area contributed by atoms with Crippen LogP contribution in [-0.2, 0) is 0 Å². The first-order chi connectivity index (χ1) is 10.3. The maximum Gasteiger partial charge on any atom is 0.000780 e. The molecule has 1 rings (SSSR count). The zero-order valence-corrected chi connectivity index (χ0v) is 15.0. The van der Waals surface area contributed by atoms with Crippen LogP contribution in [0.5, 0.6) is 0 Å². The van der Waals surface area contributed by atoms with Gasteiger partial charge in [0.15, 0.2) is 0 Å². The van der Waals surface area contributed by atoms with Crippen molar-refractivity contribution in [3.63, 3.8) is 0 Å². The SMILES string of the molecule is CCCCCCCCCCC1(CNCCC)CCCCC1. The lowest BCUT2D eigenvalue weighted by atomic mass is 9.70. The van der Waals surface area contributed by atoms with E-state index >= 15 is 0 Å². The van der Waals surface area contributed by atoms with Gasteiger partial charge in [0.2, 0.25) is 0 Å². The van der Waals surface area contributed by atoms with Gasteiger partial charge in [-0.1, -0.05) is 84.5 Å². The molecule has 0 radical (unpaired) electrons. The summed E-state index contributed by atoms with van der Waals surface area (Å²) in [6.45, 7) is 7.08. The van der Waals surface area contributed by atoms with E-state index in [1.165, 1.54) is 109 Å². The Morgan fingerprint density at radius 2 is 1.33 bits per heavy atom. The molecule has 0 aromatic heterocycles. The molecule has 0 unspecified atom stereocenters. The normalized spacial score (nSPS) is 18.0. The molecule has 0 saturated heterocycles. The van der Waals surface area contributed by atoms with Crippen LogP contribution in [0.4, 0.5) is 0 Å². The van der Waals surface area contributed by atoms with Gasteiger partial charge in [0.25, 0.3) is 0 Å². The van der Waals surface area contributed by atoms with Crippen LogP contribution in [0.2, 0.25) is 0 Å². The summed E-state index contributed by atoms with van der Waals surface area (Å²) in [5.74, 6) is 0. The van der Waals surface area contributed by atoms with E-state index in [1.54, 1.807) is 0 Å². The Balaban J connectivity index is 2.11. The molecule has 1 saturated carbocycles. The van der Waals surface area contributed by atoms with Crippen molar-refractivity contribution in [2.45, 2.75) is 110 Å². The van der Waals surface area contributed by atoms with Crippen molar-refractivity contribution < 1.29 is 0 Å². The standard InChI is InChI=1S/C20H41N/c1-3-5-6-7-8-9-10-12-15-20(19-21-18-4-2)16-13-11-14-17-20/h21H,3-19H2,1-2H3. The Hall–Kier alpha value is -0.0400. The predicted molar refractivity (Wildman–Crippen MR) is 95.9 cm³/mol. The molecule has 21 heavy (non-hydrogen) atoms. The Bertz CT molecular complexity index is 218. The van der Waals surface area contributed by atoms with Gasteiger partial charge in [0.05, 0.1) is 0 Å². The monoisotopic (exact) mass is 295 g/mol. The Morgan fingerprint density at radius 1 is 0.714 bits per heavy atom. The molecule has 0 bridgehead atoms. The van der Waals surface area contributed by atoms with E-state index in [-0.39, 0.29) is 0 Å². The van der Waals surface area contributed by atoms with Crippen LogP contribution in [0, 0.1) is 5.41 Å². The highest BCUT2D eigenvalue weighted by Gasteiger charge is 2.30. The average molecular weight is 296 g/mol. The van der Waals surface area contributed by atoms with Crippen LogP contribution in [-0.4, -0.2) is 13.1 Å². The fourth-order valence-electron chi connectivity index (χ4n) is 3.98. The zero-order chi connectivity index (χ0) is 15.2. The summed E-state index contributed by atoms with van der Waals surface area (Å²) >= 11 is 0. The molecule has 1 N–H and O–H groups in total. The summed E-state index contributed by atoms with van der Waals surface area (Å²) in [5, 5.41) is 3.72. The van der Waals surface area contributed by atoms with E-state index in [0.717, 1.165) is 0 Å². The molecule has 1 nitrogen and oxygen atoms in total. The van der Waals surface area contributed by atoms with Crippen LogP contribution in [0.25, 0.3) is 0 Å². The molecular formula is C20H41N. The highest BCUT2D eigenvalue weighted by atomic mass is 14.9. The molecule has 1 fully saturated rings. The van der Waals surface area contributed by atoms with Gasteiger partial charge >= 0.3 is 0 Å². The predicted octanol–water partition coefficient (Wildman–Crippen LogP) is 6.47. The Morgan fingerprint density at radius 3 is 1.95 bits per heavy atom. The lowest BCUT2D eigenvalue weighted by Crippen LogP contribution is -2.36. The topological polar surface area (TPSA) is 12.0 Å². The number of hydrogen-bond acceptors (Lipinski definition) is 1. The van der Waals surface area contributed by atoms with E-state index in [0.29, 0.717) is 5.41 Å². The minimum Gasteiger partial charge on any atom is -0.316 e. The van der Waals surface area contributed by atoms with Gasteiger partial charge in [-0.15, -0.1) is 0 Å². The maximum atomic E-state index is 3.72. The second kappa shape index (κ2) is 12.5. The lowest BCUT2D eigenvalue weighted by Gasteiger charge is -2.38. The van der Waals surface area contributed by atoms with Crippen LogP contribution < -0.4 is 5.32 Å². The molecule has 0 amide bonds. The van der Waals surface area contributed by atoms with Crippen LogP contribution in [0.3, 0.4) is 0 Å². The molecule has 1 aliphatic carbocycles. The van der Waals surface area contributed by atoms with E-state index in [9.17, 15) is 0 Å². The third-order valence-corrected chi connectivity index (χ3v) is 5.40. The van der Waals surface area contributed by atoms with E-state index in [1.807, 2.05) is 0 Å². The molecule has 1 aliphatic rings. The molecule has 0 aromatic carbocycles. The lowest BCUT2D eigenvalue weighted by molar-refractivity contribution is 0.161. The molecular weight excluding hydrogens is 254 g/mol. The first kappa shape index (κ1) is 19.0. The first-order valence-corrected chi connectivity index (χ1v) is 10.0. The van der Waals surface area contributed by atoms with Crippen LogP contribution in [0.15, 0.2) is 0 Å². The zero-order valence-electron chi connectivity index (χ0n) is 15.0. The van der Waals surface area contributed by atoms with Crippen molar-refractivity contribution in [1.82, 2.24) is 5.32 Å². The van der Waals surface area contributed by atoms with Crippen LogP contribution in [0.1, 0.15) is 110 Å². The van der Waals surface area contributed by atoms with Gasteiger partial charge in [-0.3, -0.25) is 0 Å². The van der Waals surface area contributed by atoms with Crippen molar-refractivity contribution in [3.8, 4) is 0 Å². The molecule has 0 heterocycles. The van der Waals surface area contributed by atoms with Gasteiger partial charge in [-0.2, -0.15) is 0 Å². The summed E-state index contributed by atoms with van der Waals surface area (Å²) < 4.78 is 0. The molecule has 0 spiro atoms. The van der Waals surface area contributed by atoms with Crippen molar-refractivity contribution >= 4 is 0 Å². The molecule has 0 atom stereocenters. The van der Waals surface area contributed by atoms with Gasteiger partial charge in [-0.05, 0) is 37.6 Å². The summed E-state index contributed by atoms with van der Waals surface area (Å²) in [4.78, 5) is 0. The molecule has 1 heteroatoms. The Kier molecular flexibility index (Phi) is 11.3. The van der Waals surface area contributed by atoms with Crippen molar-refractivity contribution in [3.05, 3.63) is 0 Å². The second-order valence-corrected chi connectivity index (χ2v) is 7.46. The highest BCUT2D eigenvalue weighted by Crippen LogP contribution is 2.40. The fraction of sp³-hybridized carbons (Fsp3) is 1.00. The number of hydrogen-bond donors (Lipinski definition) is 1. The summed E-state index contributed by atoms with van der Waals surface area (Å²) in [6.07, 6.45) is 21.8. The molecule has 0 aliphatic heterocycles. The van der Waals surface area contributed by atoms with E-state index in [2.05, 4.69) is 19.2 Å². The fourth-order valence-corrected chi connectivity index (χ4v) is 3.98. The largest absolute Gasteiger partial charge is 0.316 e. The summed E-state index contributed by atoms with van der Waals surface area (Å²) in [5.41, 5.74) is 0.662. The quantitative estimate of drug-likeness (QED) is 0.384. The Labute approximate surface area is 134 Å². The maximum absolute atomic E-state index is 3.72. The second-order valence-electron chi connectivity index (χ2n) is 7.46. The van der Waals surface area contributed by atoms with Gasteiger partial charge in [0.1, 0.15) is 0 Å². The number of nitrogens with one attached hydrogen (secondary N) is 1. The highest BCUT2D eigenvalue weighted by molar-refractivity contribution is 4.84. The minimum atomic E-state index is 0.662. The van der Waals surface area contributed by atoms with Gasteiger partial charge in [0, 0.05) is 6.54 Å². The summed E-state index contributed by atoms with van der Waals surface area (Å²) in [6, 6.07) is 0. The third kappa shape index (κ3) is 8.86. The molecule has 126 valence electrons.